The van der Waals surface area contributed by atoms with Crippen LogP contribution in [0.5, 0.6) is 5.75 Å². The predicted octanol–water partition coefficient (Wildman–Crippen LogP) is 2.89. The number of carbonyl (C=O) groups excluding carboxylic acids is 2. The van der Waals surface area contributed by atoms with E-state index in [2.05, 4.69) is 10.5 Å². The Kier molecular flexibility index (Phi) is 6.24. The number of aryl methyl sites for hydroxylation is 1. The number of thiazole rings is 1. The minimum Gasteiger partial charge on any atom is -0.379 e. The molecular weight excluding hydrogens is 388 g/mol. The third-order valence-electron chi connectivity index (χ3n) is 5.17. The first-order valence-corrected chi connectivity index (χ1v) is 10.6. The van der Waals surface area contributed by atoms with Crippen molar-refractivity contribution >= 4 is 23.2 Å². The molecule has 2 aromatic rings. The maximum Gasteiger partial charge on any atom is 0.275 e. The number of nitrogens with zero attached hydrogens (tertiary/aromatic N) is 2. The molecule has 29 heavy (non-hydrogen) atoms. The Bertz CT molecular complexity index is 873. The summed E-state index contributed by atoms with van der Waals surface area (Å²) in [6.07, 6.45) is 1.37. The van der Waals surface area contributed by atoms with Crippen molar-refractivity contribution < 1.29 is 14.4 Å². The SMILES string of the molecule is Cc1ncsc1-c1ccc(ONC(=O)C2CCCN2C(=O)C(N)C(C)(C)C)cc1. The van der Waals surface area contributed by atoms with Crippen molar-refractivity contribution in [3.63, 3.8) is 0 Å². The van der Waals surface area contributed by atoms with Gasteiger partial charge in [-0.25, -0.2) is 4.98 Å². The quantitative estimate of drug-likeness (QED) is 0.731. The maximum absolute atomic E-state index is 12.7. The van der Waals surface area contributed by atoms with Crippen LogP contribution in [0, 0.1) is 12.3 Å². The number of rotatable bonds is 5. The zero-order chi connectivity index (χ0) is 21.2. The van der Waals surface area contributed by atoms with Crippen molar-refractivity contribution in [2.45, 2.75) is 52.6 Å². The number of nitrogens with two attached hydrogens (primary N) is 1. The highest BCUT2D eigenvalue weighted by Gasteiger charge is 2.39. The lowest BCUT2D eigenvalue weighted by atomic mass is 9.86. The van der Waals surface area contributed by atoms with Crippen LogP contribution in [-0.2, 0) is 9.59 Å². The molecule has 1 saturated heterocycles. The van der Waals surface area contributed by atoms with E-state index < -0.39 is 12.1 Å². The number of nitrogens with one attached hydrogen (secondary N) is 1. The molecule has 0 radical (unpaired) electrons. The molecule has 3 N–H and O–H groups in total. The lowest BCUT2D eigenvalue weighted by Gasteiger charge is -2.32. The summed E-state index contributed by atoms with van der Waals surface area (Å²) in [7, 11) is 0. The van der Waals surface area contributed by atoms with Crippen LogP contribution in [-0.4, -0.2) is 40.3 Å². The second-order valence-electron chi connectivity index (χ2n) is 8.39. The Morgan fingerprint density at radius 3 is 2.59 bits per heavy atom. The van der Waals surface area contributed by atoms with Crippen molar-refractivity contribution in [1.29, 1.82) is 0 Å². The lowest BCUT2D eigenvalue weighted by molar-refractivity contribution is -0.143. The highest BCUT2D eigenvalue weighted by atomic mass is 32.1. The minimum atomic E-state index is -0.653. The molecule has 0 bridgehead atoms. The summed E-state index contributed by atoms with van der Waals surface area (Å²) in [5.74, 6) is -0.00898. The average Bonchev–Trinajstić information content (AvgIpc) is 3.33. The summed E-state index contributed by atoms with van der Waals surface area (Å²) >= 11 is 1.58. The maximum atomic E-state index is 12.7. The predicted molar refractivity (Wildman–Crippen MR) is 113 cm³/mol. The second-order valence-corrected chi connectivity index (χ2v) is 9.25. The van der Waals surface area contributed by atoms with E-state index >= 15 is 0 Å². The zero-order valence-electron chi connectivity index (χ0n) is 17.3. The fourth-order valence-electron chi connectivity index (χ4n) is 3.28. The Hall–Kier alpha value is -2.45. The van der Waals surface area contributed by atoms with Gasteiger partial charge in [-0.15, -0.1) is 11.3 Å². The second kappa shape index (κ2) is 8.51. The molecule has 1 fully saturated rings. The van der Waals surface area contributed by atoms with Crippen LogP contribution in [0.1, 0.15) is 39.3 Å². The van der Waals surface area contributed by atoms with Gasteiger partial charge in [0.2, 0.25) is 5.91 Å². The van der Waals surface area contributed by atoms with Gasteiger partial charge >= 0.3 is 0 Å². The number of amides is 2. The van der Waals surface area contributed by atoms with Gasteiger partial charge < -0.3 is 15.5 Å². The smallest absolute Gasteiger partial charge is 0.275 e. The molecule has 8 heteroatoms. The van der Waals surface area contributed by atoms with Gasteiger partial charge in [-0.2, -0.15) is 5.48 Å². The average molecular weight is 417 g/mol. The number of hydroxylamine groups is 1. The normalized spacial score (nSPS) is 17.8. The number of hydrogen-bond donors (Lipinski definition) is 2. The number of carbonyl (C=O) groups is 2. The summed E-state index contributed by atoms with van der Waals surface area (Å²) in [6, 6.07) is 6.23. The molecule has 0 aliphatic carbocycles. The standard InChI is InChI=1S/C21H28N4O3S/c1-13-17(29-12-23-13)14-7-9-15(10-8-14)28-24-19(26)16-6-5-11-25(16)20(27)18(22)21(2,3)4/h7-10,12,16,18H,5-6,11,22H2,1-4H3,(H,24,26). The van der Waals surface area contributed by atoms with E-state index in [0.717, 1.165) is 22.6 Å². The molecule has 1 aromatic carbocycles. The summed E-state index contributed by atoms with van der Waals surface area (Å²) in [4.78, 5) is 37.8. The molecule has 7 nitrogen and oxygen atoms in total. The molecule has 2 heterocycles. The first-order chi connectivity index (χ1) is 13.7. The molecule has 0 saturated carbocycles. The van der Waals surface area contributed by atoms with Crippen LogP contribution in [0.2, 0.25) is 0 Å². The van der Waals surface area contributed by atoms with Crippen LogP contribution in [0.4, 0.5) is 0 Å². The minimum absolute atomic E-state index is 0.195. The van der Waals surface area contributed by atoms with Crippen LogP contribution in [0.3, 0.4) is 0 Å². The van der Waals surface area contributed by atoms with Gasteiger partial charge in [0.05, 0.1) is 22.1 Å². The van der Waals surface area contributed by atoms with Gasteiger partial charge in [-0.1, -0.05) is 20.8 Å². The van der Waals surface area contributed by atoms with Gasteiger partial charge in [-0.05, 0) is 55.0 Å². The topological polar surface area (TPSA) is 97.5 Å². The Labute approximate surface area is 175 Å². The van der Waals surface area contributed by atoms with Gasteiger partial charge in [0.15, 0.2) is 5.75 Å². The van der Waals surface area contributed by atoms with E-state index in [4.69, 9.17) is 10.6 Å². The van der Waals surface area contributed by atoms with E-state index in [1.54, 1.807) is 28.4 Å². The number of benzene rings is 1. The number of hydrogen-bond acceptors (Lipinski definition) is 6. The summed E-state index contributed by atoms with van der Waals surface area (Å²) in [5, 5.41) is 0. The first-order valence-electron chi connectivity index (χ1n) is 9.72. The molecule has 2 amide bonds. The molecule has 2 atom stereocenters. The van der Waals surface area contributed by atoms with Gasteiger partial charge in [-0.3, -0.25) is 9.59 Å². The van der Waals surface area contributed by atoms with Gasteiger partial charge in [0.25, 0.3) is 5.91 Å². The molecular formula is C21H28N4O3S. The zero-order valence-corrected chi connectivity index (χ0v) is 18.1. The number of likely N-dealkylation sites (tertiary alicyclic amines) is 1. The van der Waals surface area contributed by atoms with E-state index in [1.807, 2.05) is 45.3 Å². The monoisotopic (exact) mass is 416 g/mol. The molecule has 1 aromatic heterocycles. The molecule has 1 aliphatic rings. The Morgan fingerprint density at radius 1 is 1.31 bits per heavy atom. The fraction of sp³-hybridized carbons (Fsp3) is 0.476. The first kappa shape index (κ1) is 21.3. The highest BCUT2D eigenvalue weighted by molar-refractivity contribution is 7.13. The summed E-state index contributed by atoms with van der Waals surface area (Å²) in [6.45, 7) is 8.25. The molecule has 3 rings (SSSR count). The summed E-state index contributed by atoms with van der Waals surface area (Å²) < 4.78 is 0. The van der Waals surface area contributed by atoms with Crippen molar-refractivity contribution in [2.24, 2.45) is 11.1 Å². The van der Waals surface area contributed by atoms with E-state index in [-0.39, 0.29) is 17.2 Å². The third kappa shape index (κ3) is 4.76. The van der Waals surface area contributed by atoms with Crippen LogP contribution < -0.4 is 16.1 Å². The Balaban J connectivity index is 1.60. The van der Waals surface area contributed by atoms with E-state index in [1.165, 1.54) is 0 Å². The third-order valence-corrected chi connectivity index (χ3v) is 6.15. The van der Waals surface area contributed by atoms with E-state index in [0.29, 0.717) is 18.7 Å². The molecule has 1 aliphatic heterocycles. The molecule has 2 unspecified atom stereocenters. The van der Waals surface area contributed by atoms with Crippen LogP contribution in [0.15, 0.2) is 29.8 Å². The van der Waals surface area contributed by atoms with Gasteiger partial charge in [0, 0.05) is 6.54 Å². The Morgan fingerprint density at radius 2 is 2.00 bits per heavy atom. The molecule has 156 valence electrons. The summed E-state index contributed by atoms with van der Waals surface area (Å²) in [5.41, 5.74) is 12.1. The van der Waals surface area contributed by atoms with Crippen LogP contribution in [0.25, 0.3) is 10.4 Å². The molecule has 0 spiro atoms. The highest BCUT2D eigenvalue weighted by Crippen LogP contribution is 2.28. The van der Waals surface area contributed by atoms with Crippen molar-refractivity contribution in [3.05, 3.63) is 35.5 Å². The largest absolute Gasteiger partial charge is 0.379 e. The van der Waals surface area contributed by atoms with Crippen molar-refractivity contribution in [1.82, 2.24) is 15.4 Å². The van der Waals surface area contributed by atoms with Gasteiger partial charge in [0.1, 0.15) is 6.04 Å². The van der Waals surface area contributed by atoms with Crippen molar-refractivity contribution in [3.8, 4) is 16.2 Å². The lowest BCUT2D eigenvalue weighted by Crippen LogP contribution is -2.55. The van der Waals surface area contributed by atoms with E-state index in [9.17, 15) is 9.59 Å². The van der Waals surface area contributed by atoms with Crippen LogP contribution >= 0.6 is 11.3 Å². The fourth-order valence-corrected chi connectivity index (χ4v) is 4.09. The number of aromatic nitrogens is 1. The van der Waals surface area contributed by atoms with Crippen molar-refractivity contribution in [2.75, 3.05) is 6.54 Å².